The van der Waals surface area contributed by atoms with Crippen LogP contribution in [-0.2, 0) is 29.7 Å². The molecule has 2 aromatic heterocycles. The van der Waals surface area contributed by atoms with E-state index in [1.807, 2.05) is 24.3 Å². The minimum atomic E-state index is -1.10. The zero-order chi connectivity index (χ0) is 23.7. The van der Waals surface area contributed by atoms with Crippen molar-refractivity contribution in [3.05, 3.63) is 51.9 Å². The van der Waals surface area contributed by atoms with Crippen molar-refractivity contribution in [2.75, 3.05) is 6.61 Å². The number of rotatable bonds is 8. The number of halogens is 1. The minimum absolute atomic E-state index is 0. The van der Waals surface area contributed by atoms with E-state index in [1.54, 1.807) is 24.7 Å². The van der Waals surface area contributed by atoms with Crippen LogP contribution in [0.4, 0.5) is 0 Å². The first kappa shape index (κ1) is 25.9. The number of carboxylic acids is 1. The molecule has 184 valence electrons. The van der Waals surface area contributed by atoms with Gasteiger partial charge in [0.05, 0.1) is 29.8 Å². The van der Waals surface area contributed by atoms with Gasteiger partial charge in [-0.05, 0) is 50.5 Å². The maximum atomic E-state index is 12.2. The number of hydrogen-bond acceptors (Lipinski definition) is 6. The molecular formula is C24H31ClN4O5. The first-order valence-electron chi connectivity index (χ1n) is 11.2. The summed E-state index contributed by atoms with van der Waals surface area (Å²) < 4.78 is 9.58. The largest absolute Gasteiger partial charge is 0.480 e. The van der Waals surface area contributed by atoms with Gasteiger partial charge in [0.2, 0.25) is 0 Å². The second-order valence-corrected chi connectivity index (χ2v) is 8.77. The van der Waals surface area contributed by atoms with Gasteiger partial charge in [-0.25, -0.2) is 4.98 Å². The highest BCUT2D eigenvalue weighted by molar-refractivity contribution is 5.85. The van der Waals surface area contributed by atoms with E-state index in [-0.39, 0.29) is 30.6 Å². The van der Waals surface area contributed by atoms with Crippen LogP contribution >= 0.6 is 12.4 Å². The molecule has 3 atom stereocenters. The normalized spacial score (nSPS) is 17.5. The molecule has 0 bridgehead atoms. The summed E-state index contributed by atoms with van der Waals surface area (Å²) in [5, 5.41) is 21.9. The highest BCUT2D eigenvalue weighted by Gasteiger charge is 2.23. The number of ether oxygens (including phenoxy) is 1. The van der Waals surface area contributed by atoms with Crippen LogP contribution in [0.1, 0.15) is 30.9 Å². The molecule has 3 heterocycles. The summed E-state index contributed by atoms with van der Waals surface area (Å²) in [6.07, 6.45) is 2.92. The molecule has 0 saturated carbocycles. The van der Waals surface area contributed by atoms with Gasteiger partial charge >= 0.3 is 5.97 Å². The van der Waals surface area contributed by atoms with Crippen LogP contribution in [0.2, 0.25) is 0 Å². The number of aryl methyl sites for hydroxylation is 2. The van der Waals surface area contributed by atoms with E-state index in [9.17, 15) is 19.8 Å². The molecule has 1 fully saturated rings. The van der Waals surface area contributed by atoms with E-state index >= 15 is 0 Å². The van der Waals surface area contributed by atoms with Gasteiger partial charge in [-0.3, -0.25) is 14.9 Å². The van der Waals surface area contributed by atoms with Crippen molar-refractivity contribution in [2.24, 2.45) is 7.05 Å². The maximum Gasteiger partial charge on any atom is 0.323 e. The molecule has 1 aliphatic rings. The van der Waals surface area contributed by atoms with E-state index in [0.717, 1.165) is 47.4 Å². The van der Waals surface area contributed by atoms with Crippen molar-refractivity contribution in [3.8, 4) is 11.4 Å². The first-order chi connectivity index (χ1) is 15.7. The fraction of sp³-hybridized carbons (Fsp3) is 0.458. The SMILES string of the molecule is Cc1cc(-c2nc3cc(CN[C@H](C(=O)O)[C@@H](C)O)ccc3n2CC2CCCO2)cn(C)c1=O.Cl. The molecule has 0 aliphatic carbocycles. The number of aromatic nitrogens is 3. The Balaban J connectivity index is 0.00000324. The van der Waals surface area contributed by atoms with Crippen molar-refractivity contribution >= 4 is 29.4 Å². The van der Waals surface area contributed by atoms with Crippen LogP contribution in [0.25, 0.3) is 22.4 Å². The molecule has 3 N–H and O–H groups in total. The number of aliphatic hydroxyl groups excluding tert-OH is 1. The Hall–Kier alpha value is -2.72. The average molecular weight is 491 g/mol. The standard InChI is InChI=1S/C24H30N4O5.ClH/c1-14-9-17(12-27(3)23(14)30)22-26-19-10-16(11-25-21(15(2)29)24(31)32)6-7-20(19)28(22)13-18-5-4-8-33-18;/h6-7,9-10,12,15,18,21,25,29H,4-5,8,11,13H2,1-3H3,(H,31,32);1H/t15-,18?,21+;/m1./s1. The number of imidazole rings is 1. The molecule has 10 heteroatoms. The van der Waals surface area contributed by atoms with Crippen molar-refractivity contribution in [3.63, 3.8) is 0 Å². The zero-order valence-electron chi connectivity index (χ0n) is 19.5. The third-order valence-corrected chi connectivity index (χ3v) is 6.12. The number of carboxylic acid groups (broad SMARTS) is 1. The summed E-state index contributed by atoms with van der Waals surface area (Å²) in [6.45, 7) is 4.95. The summed E-state index contributed by atoms with van der Waals surface area (Å²) in [4.78, 5) is 28.4. The lowest BCUT2D eigenvalue weighted by Crippen LogP contribution is -2.44. The zero-order valence-corrected chi connectivity index (χ0v) is 20.3. The monoisotopic (exact) mass is 490 g/mol. The number of aliphatic hydroxyl groups is 1. The average Bonchev–Trinajstić information content (AvgIpc) is 3.39. The molecule has 9 nitrogen and oxygen atoms in total. The van der Waals surface area contributed by atoms with Gasteiger partial charge in [-0.2, -0.15) is 0 Å². The van der Waals surface area contributed by atoms with Crippen molar-refractivity contribution in [1.82, 2.24) is 19.4 Å². The Bertz CT molecular complexity index is 1200. The molecule has 1 aliphatic heterocycles. The van der Waals surface area contributed by atoms with Crippen molar-refractivity contribution in [1.29, 1.82) is 0 Å². The summed E-state index contributed by atoms with van der Waals surface area (Å²) in [6, 6.07) is 6.64. The van der Waals surface area contributed by atoms with Crippen molar-refractivity contribution < 1.29 is 19.7 Å². The van der Waals surface area contributed by atoms with E-state index < -0.39 is 18.1 Å². The van der Waals surface area contributed by atoms with Crippen LogP contribution in [0.5, 0.6) is 0 Å². The van der Waals surface area contributed by atoms with Crippen LogP contribution in [0.3, 0.4) is 0 Å². The molecule has 3 aromatic rings. The Morgan fingerprint density at radius 2 is 2.12 bits per heavy atom. The number of carbonyl (C=O) groups is 1. The third-order valence-electron chi connectivity index (χ3n) is 6.12. The van der Waals surface area contributed by atoms with Crippen LogP contribution in [0, 0.1) is 6.92 Å². The second kappa shape index (κ2) is 10.7. The fourth-order valence-corrected chi connectivity index (χ4v) is 4.37. The Morgan fingerprint density at radius 1 is 1.35 bits per heavy atom. The lowest BCUT2D eigenvalue weighted by atomic mass is 10.1. The van der Waals surface area contributed by atoms with E-state index in [1.165, 1.54) is 6.92 Å². The maximum absolute atomic E-state index is 12.2. The number of pyridine rings is 1. The Morgan fingerprint density at radius 3 is 2.74 bits per heavy atom. The number of benzene rings is 1. The van der Waals surface area contributed by atoms with Gasteiger partial charge in [-0.15, -0.1) is 12.4 Å². The Labute approximate surface area is 203 Å². The second-order valence-electron chi connectivity index (χ2n) is 8.77. The highest BCUT2D eigenvalue weighted by atomic mass is 35.5. The third kappa shape index (κ3) is 5.33. The van der Waals surface area contributed by atoms with E-state index in [0.29, 0.717) is 12.1 Å². The van der Waals surface area contributed by atoms with E-state index in [4.69, 9.17) is 9.72 Å². The lowest BCUT2D eigenvalue weighted by molar-refractivity contribution is -0.142. The van der Waals surface area contributed by atoms with Crippen LogP contribution < -0.4 is 10.9 Å². The first-order valence-corrected chi connectivity index (χ1v) is 11.2. The molecule has 1 unspecified atom stereocenters. The molecule has 34 heavy (non-hydrogen) atoms. The van der Waals surface area contributed by atoms with E-state index in [2.05, 4.69) is 9.88 Å². The van der Waals surface area contributed by atoms with Crippen LogP contribution in [-0.4, -0.2) is 55.2 Å². The lowest BCUT2D eigenvalue weighted by Gasteiger charge is -2.17. The number of hydrogen-bond donors (Lipinski definition) is 3. The highest BCUT2D eigenvalue weighted by Crippen LogP contribution is 2.28. The summed E-state index contributed by atoms with van der Waals surface area (Å²) in [5.74, 6) is -0.337. The van der Waals surface area contributed by atoms with Crippen molar-refractivity contribution in [2.45, 2.75) is 58.0 Å². The Kier molecular flexibility index (Phi) is 8.14. The summed E-state index contributed by atoms with van der Waals surface area (Å²) in [5.41, 5.74) is 4.04. The predicted octanol–water partition coefficient (Wildman–Crippen LogP) is 2.23. The fourth-order valence-electron chi connectivity index (χ4n) is 4.37. The van der Waals surface area contributed by atoms with Gasteiger partial charge in [0.15, 0.2) is 0 Å². The van der Waals surface area contributed by atoms with Gasteiger partial charge in [0.1, 0.15) is 11.9 Å². The quantitative estimate of drug-likeness (QED) is 0.443. The minimum Gasteiger partial charge on any atom is -0.480 e. The topological polar surface area (TPSA) is 119 Å². The summed E-state index contributed by atoms with van der Waals surface area (Å²) in [7, 11) is 1.73. The number of fused-ring (bicyclic) bond motifs is 1. The van der Waals surface area contributed by atoms with Gasteiger partial charge < -0.3 is 24.1 Å². The number of nitrogens with one attached hydrogen (secondary N) is 1. The van der Waals surface area contributed by atoms with Gasteiger partial charge in [-0.1, -0.05) is 6.07 Å². The predicted molar refractivity (Wildman–Crippen MR) is 131 cm³/mol. The summed E-state index contributed by atoms with van der Waals surface area (Å²) >= 11 is 0. The van der Waals surface area contributed by atoms with Gasteiger partial charge in [0.25, 0.3) is 5.56 Å². The molecule has 0 spiro atoms. The molecule has 0 radical (unpaired) electrons. The molecule has 4 rings (SSSR count). The smallest absolute Gasteiger partial charge is 0.323 e. The molecule has 0 amide bonds. The van der Waals surface area contributed by atoms with Crippen LogP contribution in [0.15, 0.2) is 35.3 Å². The molecule has 1 aromatic carbocycles. The van der Waals surface area contributed by atoms with Gasteiger partial charge in [0, 0.05) is 37.5 Å². The molecule has 1 saturated heterocycles. The number of aliphatic carboxylic acids is 1. The number of nitrogens with zero attached hydrogens (tertiary/aromatic N) is 3. The molecular weight excluding hydrogens is 460 g/mol.